The average Bonchev–Trinajstić information content (AvgIpc) is 2.27. The van der Waals surface area contributed by atoms with Gasteiger partial charge in [0.15, 0.2) is 5.96 Å². The van der Waals surface area contributed by atoms with Crippen molar-refractivity contribution in [3.63, 3.8) is 0 Å². The Morgan fingerprint density at radius 2 is 2.47 bits per heavy atom. The molecule has 4 nitrogen and oxygen atoms in total. The number of nitrogens with two attached hydrogens (primary N) is 1. The molecular formula is C10H16N4S. The van der Waals surface area contributed by atoms with Crippen molar-refractivity contribution in [1.29, 1.82) is 0 Å². The molecule has 0 fully saturated rings. The Bertz CT molecular complexity index is 312. The minimum absolute atomic E-state index is 0.412. The molecule has 3 N–H and O–H groups in total. The number of pyridine rings is 1. The van der Waals surface area contributed by atoms with Crippen molar-refractivity contribution >= 4 is 23.5 Å². The van der Waals surface area contributed by atoms with Gasteiger partial charge < -0.3 is 11.1 Å². The predicted octanol–water partition coefficient (Wildman–Crippen LogP) is 1.56. The molecule has 0 bridgehead atoms. The highest BCUT2D eigenvalue weighted by atomic mass is 32.2. The first-order valence-electron chi connectivity index (χ1n) is 4.73. The summed E-state index contributed by atoms with van der Waals surface area (Å²) in [4.78, 5) is 8.30. The van der Waals surface area contributed by atoms with Crippen molar-refractivity contribution in [1.82, 2.24) is 4.98 Å². The molecule has 0 aliphatic carbocycles. The molecule has 1 heterocycles. The molecule has 1 atom stereocenters. The van der Waals surface area contributed by atoms with Crippen LogP contribution in [0.5, 0.6) is 0 Å². The van der Waals surface area contributed by atoms with Crippen molar-refractivity contribution in [2.24, 2.45) is 10.7 Å². The highest BCUT2D eigenvalue weighted by Gasteiger charge is 1.98. The highest BCUT2D eigenvalue weighted by Crippen LogP contribution is 2.05. The normalized spacial score (nSPS) is 13.6. The number of nitrogens with one attached hydrogen (secondary N) is 1. The second-order valence-electron chi connectivity index (χ2n) is 3.11. The summed E-state index contributed by atoms with van der Waals surface area (Å²) in [6.45, 7) is 2.83. The van der Waals surface area contributed by atoms with Gasteiger partial charge in [-0.3, -0.25) is 4.99 Å². The van der Waals surface area contributed by atoms with Gasteiger partial charge in [0, 0.05) is 11.4 Å². The van der Waals surface area contributed by atoms with Crippen LogP contribution >= 0.6 is 11.8 Å². The van der Waals surface area contributed by atoms with Crippen LogP contribution in [0.25, 0.3) is 0 Å². The van der Waals surface area contributed by atoms with E-state index >= 15 is 0 Å². The van der Waals surface area contributed by atoms with E-state index in [0.717, 1.165) is 5.82 Å². The van der Waals surface area contributed by atoms with Gasteiger partial charge in [0.2, 0.25) is 0 Å². The summed E-state index contributed by atoms with van der Waals surface area (Å²) in [6, 6.07) is 5.60. The lowest BCUT2D eigenvalue weighted by atomic mass is 10.4. The van der Waals surface area contributed by atoms with E-state index in [1.165, 1.54) is 0 Å². The van der Waals surface area contributed by atoms with E-state index in [4.69, 9.17) is 5.73 Å². The van der Waals surface area contributed by atoms with Crippen LogP contribution in [-0.2, 0) is 0 Å². The first-order valence-corrected chi connectivity index (χ1v) is 6.02. The highest BCUT2D eigenvalue weighted by molar-refractivity contribution is 7.99. The first-order chi connectivity index (χ1) is 7.22. The number of nitrogens with zero attached hydrogens (tertiary/aromatic N) is 2. The number of hydrogen-bond donors (Lipinski definition) is 2. The molecule has 82 valence electrons. The molecule has 15 heavy (non-hydrogen) atoms. The Morgan fingerprint density at radius 3 is 3.07 bits per heavy atom. The summed E-state index contributed by atoms with van der Waals surface area (Å²) in [6.07, 6.45) is 3.77. The molecule has 0 amide bonds. The number of anilines is 1. The molecule has 0 aromatic carbocycles. The van der Waals surface area contributed by atoms with Gasteiger partial charge in [-0.1, -0.05) is 13.0 Å². The average molecular weight is 224 g/mol. The van der Waals surface area contributed by atoms with E-state index in [-0.39, 0.29) is 0 Å². The van der Waals surface area contributed by atoms with E-state index in [2.05, 4.69) is 28.5 Å². The smallest absolute Gasteiger partial charge is 0.194 e. The summed E-state index contributed by atoms with van der Waals surface area (Å²) in [5, 5.41) is 3.41. The molecule has 0 aliphatic rings. The molecule has 1 aromatic heterocycles. The number of guanidine groups is 1. The minimum Gasteiger partial charge on any atom is -0.370 e. The number of hydrogen-bond acceptors (Lipinski definition) is 3. The molecule has 0 radical (unpaired) electrons. The topological polar surface area (TPSA) is 63.3 Å². The predicted molar refractivity (Wildman–Crippen MR) is 67.3 cm³/mol. The van der Waals surface area contributed by atoms with Crippen LogP contribution < -0.4 is 11.1 Å². The summed E-state index contributed by atoms with van der Waals surface area (Å²) >= 11 is 1.77. The molecule has 0 aliphatic heterocycles. The van der Waals surface area contributed by atoms with Gasteiger partial charge in [0.25, 0.3) is 0 Å². The largest absolute Gasteiger partial charge is 0.370 e. The Labute approximate surface area is 94.4 Å². The lowest BCUT2D eigenvalue weighted by Gasteiger charge is -2.06. The van der Waals surface area contributed by atoms with Crippen LogP contribution in [0.3, 0.4) is 0 Å². The molecule has 1 rings (SSSR count). The van der Waals surface area contributed by atoms with Gasteiger partial charge in [0.05, 0.1) is 6.54 Å². The third kappa shape index (κ3) is 4.69. The van der Waals surface area contributed by atoms with Crippen LogP contribution in [-0.4, -0.2) is 29.0 Å². The monoisotopic (exact) mass is 224 g/mol. The lowest BCUT2D eigenvalue weighted by Crippen LogP contribution is -2.24. The van der Waals surface area contributed by atoms with Crippen molar-refractivity contribution in [2.75, 3.05) is 18.1 Å². The maximum absolute atomic E-state index is 5.70. The fraction of sp³-hybridized carbons (Fsp3) is 0.400. The minimum atomic E-state index is 0.412. The maximum Gasteiger partial charge on any atom is 0.194 e. The number of aromatic nitrogens is 1. The van der Waals surface area contributed by atoms with Gasteiger partial charge in [-0.05, 0) is 18.4 Å². The summed E-state index contributed by atoms with van der Waals surface area (Å²) in [5.41, 5.74) is 5.70. The van der Waals surface area contributed by atoms with Crippen molar-refractivity contribution < 1.29 is 0 Å². The van der Waals surface area contributed by atoms with Gasteiger partial charge in [-0.2, -0.15) is 11.8 Å². The fourth-order valence-corrected chi connectivity index (χ4v) is 1.13. The quantitative estimate of drug-likeness (QED) is 0.602. The van der Waals surface area contributed by atoms with E-state index in [1.54, 1.807) is 18.0 Å². The van der Waals surface area contributed by atoms with Crippen molar-refractivity contribution in [3.8, 4) is 0 Å². The third-order valence-corrected chi connectivity index (χ3v) is 2.80. The summed E-state index contributed by atoms with van der Waals surface area (Å²) in [7, 11) is 0. The van der Waals surface area contributed by atoms with Gasteiger partial charge in [-0.15, -0.1) is 0 Å². The fourth-order valence-electron chi connectivity index (χ4n) is 0.909. The SMILES string of the molecule is CSC(C)CN=C(N)Nc1ccccn1. The Kier molecular flexibility index (Phi) is 4.97. The van der Waals surface area contributed by atoms with Crippen molar-refractivity contribution in [3.05, 3.63) is 24.4 Å². The summed E-state index contributed by atoms with van der Waals surface area (Å²) < 4.78 is 0. The molecule has 0 saturated carbocycles. The zero-order valence-electron chi connectivity index (χ0n) is 8.97. The molecule has 5 heteroatoms. The van der Waals surface area contributed by atoms with E-state index in [1.807, 2.05) is 18.2 Å². The molecule has 1 aromatic rings. The second-order valence-corrected chi connectivity index (χ2v) is 4.39. The molecule has 0 saturated heterocycles. The zero-order chi connectivity index (χ0) is 11.1. The Morgan fingerprint density at radius 1 is 1.67 bits per heavy atom. The standard InChI is InChI=1S/C10H16N4S/c1-8(15-2)7-13-10(11)14-9-5-3-4-6-12-9/h3-6,8H,7H2,1-2H3,(H3,11,12,13,14). The summed E-state index contributed by atoms with van der Waals surface area (Å²) in [5.74, 6) is 1.13. The number of thioether (sulfide) groups is 1. The number of rotatable bonds is 4. The van der Waals surface area contributed by atoms with Crippen LogP contribution in [0.1, 0.15) is 6.92 Å². The zero-order valence-corrected chi connectivity index (χ0v) is 9.79. The maximum atomic E-state index is 5.70. The van der Waals surface area contributed by atoms with Gasteiger partial charge >= 0.3 is 0 Å². The van der Waals surface area contributed by atoms with E-state index in [9.17, 15) is 0 Å². The molecule has 1 unspecified atom stereocenters. The van der Waals surface area contributed by atoms with Gasteiger partial charge in [-0.25, -0.2) is 4.98 Å². The van der Waals surface area contributed by atoms with E-state index in [0.29, 0.717) is 17.8 Å². The second kappa shape index (κ2) is 6.29. The first kappa shape index (κ1) is 11.8. The van der Waals surface area contributed by atoms with E-state index < -0.39 is 0 Å². The Balaban J connectivity index is 2.45. The molecular weight excluding hydrogens is 208 g/mol. The third-order valence-electron chi connectivity index (χ3n) is 1.84. The van der Waals surface area contributed by atoms with Crippen LogP contribution in [0.4, 0.5) is 5.82 Å². The van der Waals surface area contributed by atoms with Crippen LogP contribution in [0.2, 0.25) is 0 Å². The number of aliphatic imine (C=N–C) groups is 1. The molecule has 0 spiro atoms. The van der Waals surface area contributed by atoms with Gasteiger partial charge in [0.1, 0.15) is 5.82 Å². The van der Waals surface area contributed by atoms with Crippen molar-refractivity contribution in [2.45, 2.75) is 12.2 Å². The van der Waals surface area contributed by atoms with Crippen LogP contribution in [0, 0.1) is 0 Å². The Hall–Kier alpha value is -1.23. The lowest BCUT2D eigenvalue weighted by molar-refractivity contribution is 0.951. The van der Waals surface area contributed by atoms with Crippen LogP contribution in [0.15, 0.2) is 29.4 Å².